The molecule has 5 heteroatoms. The molecule has 0 spiro atoms. The highest BCUT2D eigenvalue weighted by atomic mass is 16.2. The minimum atomic E-state index is 0.0300. The Bertz CT molecular complexity index is 447. The number of hydrogen-bond donors (Lipinski definition) is 0. The van der Waals surface area contributed by atoms with Crippen LogP contribution in [-0.4, -0.2) is 47.2 Å². The van der Waals surface area contributed by atoms with Crippen molar-refractivity contribution in [1.29, 1.82) is 0 Å². The summed E-state index contributed by atoms with van der Waals surface area (Å²) in [5.74, 6) is 0.933. The van der Waals surface area contributed by atoms with E-state index >= 15 is 0 Å². The fourth-order valence-electron chi connectivity index (χ4n) is 2.99. The summed E-state index contributed by atoms with van der Waals surface area (Å²) in [6.07, 6.45) is 7.17. The van der Waals surface area contributed by atoms with Crippen LogP contribution in [0.5, 0.6) is 0 Å². The Balaban J connectivity index is 1.67. The number of likely N-dealkylation sites (tertiary alicyclic amines) is 1. The lowest BCUT2D eigenvalue weighted by Gasteiger charge is -2.28. The third kappa shape index (κ3) is 2.92. The SMILES string of the molecule is O=C(c1ccc(N2CCCCC2)nn1)N1CCCCC1. The molecule has 0 aliphatic carbocycles. The molecule has 0 unspecified atom stereocenters. The summed E-state index contributed by atoms with van der Waals surface area (Å²) in [6.45, 7) is 3.81. The van der Waals surface area contributed by atoms with E-state index in [2.05, 4.69) is 15.1 Å². The number of amides is 1. The summed E-state index contributed by atoms with van der Waals surface area (Å²) in [5, 5.41) is 8.39. The van der Waals surface area contributed by atoms with Crippen molar-refractivity contribution in [3.05, 3.63) is 17.8 Å². The molecule has 5 nitrogen and oxygen atoms in total. The molecule has 2 aliphatic rings. The van der Waals surface area contributed by atoms with Crippen molar-refractivity contribution in [2.75, 3.05) is 31.1 Å². The Labute approximate surface area is 120 Å². The number of rotatable bonds is 2. The number of nitrogens with zero attached hydrogens (tertiary/aromatic N) is 4. The third-order valence-corrected chi connectivity index (χ3v) is 4.19. The molecule has 2 fully saturated rings. The lowest BCUT2D eigenvalue weighted by molar-refractivity contribution is 0.0717. The van der Waals surface area contributed by atoms with Gasteiger partial charge in [-0.15, -0.1) is 10.2 Å². The topological polar surface area (TPSA) is 49.3 Å². The van der Waals surface area contributed by atoms with E-state index in [-0.39, 0.29) is 5.91 Å². The van der Waals surface area contributed by atoms with Gasteiger partial charge in [0, 0.05) is 26.2 Å². The molecule has 108 valence electrons. The fourth-order valence-corrected chi connectivity index (χ4v) is 2.99. The van der Waals surface area contributed by atoms with Gasteiger partial charge in [0.05, 0.1) is 0 Å². The van der Waals surface area contributed by atoms with Crippen LogP contribution < -0.4 is 4.90 Å². The third-order valence-electron chi connectivity index (χ3n) is 4.19. The first kappa shape index (κ1) is 13.3. The van der Waals surface area contributed by atoms with Crippen LogP contribution in [0, 0.1) is 0 Å². The fraction of sp³-hybridized carbons (Fsp3) is 0.667. The van der Waals surface area contributed by atoms with Gasteiger partial charge in [-0.2, -0.15) is 0 Å². The second-order valence-electron chi connectivity index (χ2n) is 5.68. The zero-order valence-corrected chi connectivity index (χ0v) is 11.9. The first-order chi connectivity index (χ1) is 9.84. The number of hydrogen-bond acceptors (Lipinski definition) is 4. The molecule has 0 atom stereocenters. The molecule has 3 rings (SSSR count). The van der Waals surface area contributed by atoms with Crippen molar-refractivity contribution >= 4 is 11.7 Å². The predicted octanol–water partition coefficient (Wildman–Crippen LogP) is 2.09. The molecule has 0 bridgehead atoms. The number of aromatic nitrogens is 2. The Morgan fingerprint density at radius 2 is 1.50 bits per heavy atom. The van der Waals surface area contributed by atoms with Gasteiger partial charge in [0.2, 0.25) is 0 Å². The lowest BCUT2D eigenvalue weighted by Crippen LogP contribution is -2.36. The van der Waals surface area contributed by atoms with Crippen molar-refractivity contribution in [3.8, 4) is 0 Å². The van der Waals surface area contributed by atoms with Gasteiger partial charge in [0.15, 0.2) is 11.5 Å². The van der Waals surface area contributed by atoms with Gasteiger partial charge in [-0.25, -0.2) is 0 Å². The molecule has 3 heterocycles. The maximum atomic E-state index is 12.3. The van der Waals surface area contributed by atoms with Crippen LogP contribution >= 0.6 is 0 Å². The van der Waals surface area contributed by atoms with Crippen molar-refractivity contribution in [1.82, 2.24) is 15.1 Å². The van der Waals surface area contributed by atoms with E-state index in [0.717, 1.165) is 44.8 Å². The highest BCUT2D eigenvalue weighted by molar-refractivity contribution is 5.92. The monoisotopic (exact) mass is 274 g/mol. The maximum absolute atomic E-state index is 12.3. The minimum Gasteiger partial charge on any atom is -0.355 e. The molecule has 1 amide bonds. The predicted molar refractivity (Wildman–Crippen MR) is 77.9 cm³/mol. The van der Waals surface area contributed by atoms with E-state index in [9.17, 15) is 4.79 Å². The minimum absolute atomic E-state index is 0.0300. The second kappa shape index (κ2) is 6.20. The van der Waals surface area contributed by atoms with E-state index in [0.29, 0.717) is 5.69 Å². The van der Waals surface area contributed by atoms with Gasteiger partial charge in [0.25, 0.3) is 5.91 Å². The highest BCUT2D eigenvalue weighted by Gasteiger charge is 2.20. The van der Waals surface area contributed by atoms with Crippen molar-refractivity contribution in [2.24, 2.45) is 0 Å². The van der Waals surface area contributed by atoms with Crippen molar-refractivity contribution < 1.29 is 4.79 Å². The smallest absolute Gasteiger partial charge is 0.274 e. The van der Waals surface area contributed by atoms with Crippen LogP contribution in [0.1, 0.15) is 49.0 Å². The highest BCUT2D eigenvalue weighted by Crippen LogP contribution is 2.17. The van der Waals surface area contributed by atoms with Gasteiger partial charge < -0.3 is 9.80 Å². The summed E-state index contributed by atoms with van der Waals surface area (Å²) in [4.78, 5) is 16.4. The van der Waals surface area contributed by atoms with Crippen molar-refractivity contribution in [2.45, 2.75) is 38.5 Å². The standard InChI is InChI=1S/C15H22N4O/c20-15(19-11-5-2-6-12-19)13-7-8-14(17-16-13)18-9-3-1-4-10-18/h7-8H,1-6,9-12H2. The second-order valence-corrected chi connectivity index (χ2v) is 5.68. The number of anilines is 1. The van der Waals surface area contributed by atoms with E-state index < -0.39 is 0 Å². The first-order valence-corrected chi connectivity index (χ1v) is 7.72. The molecule has 0 aromatic carbocycles. The number of piperidine rings is 2. The summed E-state index contributed by atoms with van der Waals surface area (Å²) in [6, 6.07) is 3.77. The Morgan fingerprint density at radius 1 is 0.850 bits per heavy atom. The quantitative estimate of drug-likeness (QED) is 0.828. The molecule has 2 saturated heterocycles. The van der Waals surface area contributed by atoms with Gasteiger partial charge in [0.1, 0.15) is 0 Å². The molecular formula is C15H22N4O. The van der Waals surface area contributed by atoms with E-state index in [4.69, 9.17) is 0 Å². The molecule has 0 N–H and O–H groups in total. The zero-order valence-electron chi connectivity index (χ0n) is 11.9. The van der Waals surface area contributed by atoms with Crippen LogP contribution in [-0.2, 0) is 0 Å². The molecule has 1 aromatic heterocycles. The molecule has 1 aromatic rings. The zero-order chi connectivity index (χ0) is 13.8. The number of carbonyl (C=O) groups is 1. The van der Waals surface area contributed by atoms with Crippen LogP contribution in [0.3, 0.4) is 0 Å². The van der Waals surface area contributed by atoms with E-state index in [1.165, 1.54) is 25.7 Å². The Morgan fingerprint density at radius 3 is 2.10 bits per heavy atom. The van der Waals surface area contributed by atoms with Crippen LogP contribution in [0.4, 0.5) is 5.82 Å². The van der Waals surface area contributed by atoms with Crippen LogP contribution in [0.2, 0.25) is 0 Å². The van der Waals surface area contributed by atoms with Gasteiger partial charge in [-0.1, -0.05) is 0 Å². The van der Waals surface area contributed by atoms with Gasteiger partial charge in [-0.3, -0.25) is 4.79 Å². The molecule has 0 saturated carbocycles. The van der Waals surface area contributed by atoms with Crippen LogP contribution in [0.25, 0.3) is 0 Å². The maximum Gasteiger partial charge on any atom is 0.274 e. The van der Waals surface area contributed by atoms with Gasteiger partial charge >= 0.3 is 0 Å². The summed E-state index contributed by atoms with van der Waals surface area (Å²) >= 11 is 0. The summed E-state index contributed by atoms with van der Waals surface area (Å²) < 4.78 is 0. The largest absolute Gasteiger partial charge is 0.355 e. The normalized spacial score (nSPS) is 20.0. The Kier molecular flexibility index (Phi) is 4.14. The Hall–Kier alpha value is -1.65. The van der Waals surface area contributed by atoms with E-state index in [1.54, 1.807) is 0 Å². The lowest BCUT2D eigenvalue weighted by atomic mass is 10.1. The first-order valence-electron chi connectivity index (χ1n) is 7.72. The van der Waals surface area contributed by atoms with Crippen LogP contribution in [0.15, 0.2) is 12.1 Å². The number of carbonyl (C=O) groups excluding carboxylic acids is 1. The summed E-state index contributed by atoms with van der Waals surface area (Å²) in [7, 11) is 0. The summed E-state index contributed by atoms with van der Waals surface area (Å²) in [5.41, 5.74) is 0.479. The average molecular weight is 274 g/mol. The van der Waals surface area contributed by atoms with Crippen molar-refractivity contribution in [3.63, 3.8) is 0 Å². The molecule has 20 heavy (non-hydrogen) atoms. The van der Waals surface area contributed by atoms with E-state index in [1.807, 2.05) is 17.0 Å². The average Bonchev–Trinajstić information content (AvgIpc) is 2.56. The van der Waals surface area contributed by atoms with Gasteiger partial charge in [-0.05, 0) is 50.7 Å². The molecule has 2 aliphatic heterocycles. The molecular weight excluding hydrogens is 252 g/mol. The molecule has 0 radical (unpaired) electrons.